The number of nitrogens with zero attached hydrogens (tertiary/aromatic N) is 1. The molecule has 0 saturated carbocycles. The summed E-state index contributed by atoms with van der Waals surface area (Å²) in [5.41, 5.74) is 6.69. The van der Waals surface area contributed by atoms with E-state index in [2.05, 4.69) is 9.71 Å². The lowest BCUT2D eigenvalue weighted by Gasteiger charge is -2.34. The monoisotopic (exact) mass is 512 g/mol. The van der Waals surface area contributed by atoms with Crippen LogP contribution in [0.15, 0.2) is 82.0 Å². The summed E-state index contributed by atoms with van der Waals surface area (Å²) in [6, 6.07) is 9.60. The Bertz CT molecular complexity index is 1360. The molecule has 1 aliphatic rings. The van der Waals surface area contributed by atoms with E-state index in [1.54, 1.807) is 0 Å². The number of carboxylic acid groups (broad SMARTS) is 1. The van der Waals surface area contributed by atoms with Gasteiger partial charge in [0.25, 0.3) is 10.0 Å². The molecule has 0 amide bonds. The third-order valence-electron chi connectivity index (χ3n) is 5.18. The molecule has 35 heavy (non-hydrogen) atoms. The number of nitrogens with two attached hydrogens (primary N) is 2. The smallest absolute Gasteiger partial charge is 0.303 e. The van der Waals surface area contributed by atoms with Crippen LogP contribution in [-0.2, 0) is 20.5 Å². The molecule has 0 fully saturated rings. The van der Waals surface area contributed by atoms with Gasteiger partial charge in [-0.2, -0.15) is 0 Å². The molecule has 0 radical (unpaired) electrons. The average Bonchev–Trinajstić information content (AvgIpc) is 2.77. The highest BCUT2D eigenvalue weighted by molar-refractivity contribution is 7.92. The van der Waals surface area contributed by atoms with Gasteiger partial charge in [-0.05, 0) is 42.3 Å². The number of alkyl halides is 1. The number of rotatable bonds is 8. The standard InChI is InChI=1S/C22H20F4N4O4S/c23-17-11-18(24)22(26,16(20(17)25)7-8-19(31)32)12-3-1-5-14(9-12)30-35(33,34)15-6-2-4-13(10-15)29-21(27)28/h1-6,9-11,16,30H,7-8H2,(H,31,32)(H4,27,28,29). The normalized spacial score (nSPS) is 20.2. The van der Waals surface area contributed by atoms with Crippen molar-refractivity contribution in [1.82, 2.24) is 0 Å². The lowest BCUT2D eigenvalue weighted by atomic mass is 9.75. The third-order valence-corrected chi connectivity index (χ3v) is 6.56. The van der Waals surface area contributed by atoms with Crippen molar-refractivity contribution in [3.8, 4) is 0 Å². The molecule has 2 aromatic carbocycles. The van der Waals surface area contributed by atoms with Crippen LogP contribution in [0.1, 0.15) is 18.4 Å². The quantitative estimate of drug-likeness (QED) is 0.238. The number of hydrogen-bond acceptors (Lipinski definition) is 4. The molecule has 1 aliphatic carbocycles. The minimum Gasteiger partial charge on any atom is -0.481 e. The Balaban J connectivity index is 1.99. The van der Waals surface area contributed by atoms with Crippen molar-refractivity contribution in [2.75, 3.05) is 4.72 Å². The van der Waals surface area contributed by atoms with E-state index in [1.165, 1.54) is 30.3 Å². The summed E-state index contributed by atoms with van der Waals surface area (Å²) in [5, 5.41) is 8.89. The number of allylic oxidation sites excluding steroid dienone is 4. The van der Waals surface area contributed by atoms with Gasteiger partial charge >= 0.3 is 5.97 Å². The molecule has 0 saturated heterocycles. The summed E-state index contributed by atoms with van der Waals surface area (Å²) in [4.78, 5) is 14.4. The minimum atomic E-state index is -4.26. The van der Waals surface area contributed by atoms with Crippen LogP contribution < -0.4 is 16.2 Å². The summed E-state index contributed by atoms with van der Waals surface area (Å²) in [6.07, 6.45) is -1.47. The van der Waals surface area contributed by atoms with Gasteiger partial charge < -0.3 is 16.6 Å². The number of carboxylic acids is 1. The predicted octanol–water partition coefficient (Wildman–Crippen LogP) is 4.06. The van der Waals surface area contributed by atoms with Gasteiger partial charge in [0.2, 0.25) is 0 Å². The number of sulfonamides is 1. The SMILES string of the molecule is NC(N)=Nc1cccc(S(=O)(=O)Nc2cccc(C3(F)C(F)=CC(F)=C(F)C3CCC(=O)O)c2)c1. The van der Waals surface area contributed by atoms with E-state index in [9.17, 15) is 26.4 Å². The Morgan fingerprint density at radius 3 is 2.46 bits per heavy atom. The van der Waals surface area contributed by atoms with Crippen molar-refractivity contribution in [2.45, 2.75) is 23.4 Å². The number of benzene rings is 2. The highest BCUT2D eigenvalue weighted by Gasteiger charge is 2.51. The Labute approximate surface area is 197 Å². The number of aliphatic imine (C=N–C) groups is 1. The van der Waals surface area contributed by atoms with Gasteiger partial charge in [0.1, 0.15) is 11.7 Å². The number of anilines is 1. The number of nitrogens with one attached hydrogen (secondary N) is 1. The average molecular weight is 512 g/mol. The third kappa shape index (κ3) is 5.45. The van der Waals surface area contributed by atoms with Crippen molar-refractivity contribution in [3.63, 3.8) is 0 Å². The fourth-order valence-corrected chi connectivity index (χ4v) is 4.71. The van der Waals surface area contributed by atoms with E-state index in [1.807, 2.05) is 0 Å². The highest BCUT2D eigenvalue weighted by Crippen LogP contribution is 2.51. The maximum atomic E-state index is 16.1. The number of hydrogen-bond donors (Lipinski definition) is 4. The molecule has 2 unspecified atom stereocenters. The van der Waals surface area contributed by atoms with Crippen molar-refractivity contribution in [2.24, 2.45) is 22.4 Å². The van der Waals surface area contributed by atoms with Crippen LogP contribution >= 0.6 is 0 Å². The van der Waals surface area contributed by atoms with E-state index in [0.29, 0.717) is 0 Å². The molecule has 0 bridgehead atoms. The largest absolute Gasteiger partial charge is 0.481 e. The fourth-order valence-electron chi connectivity index (χ4n) is 3.62. The topological polar surface area (TPSA) is 148 Å². The Morgan fingerprint density at radius 2 is 1.80 bits per heavy atom. The van der Waals surface area contributed by atoms with Crippen molar-refractivity contribution < 1.29 is 35.9 Å². The van der Waals surface area contributed by atoms with E-state index in [-0.39, 0.29) is 28.3 Å². The van der Waals surface area contributed by atoms with E-state index in [0.717, 1.165) is 18.2 Å². The molecule has 3 rings (SSSR count). The molecule has 6 N–H and O–H groups in total. The van der Waals surface area contributed by atoms with Gasteiger partial charge in [-0.3, -0.25) is 9.52 Å². The van der Waals surface area contributed by atoms with Crippen LogP contribution in [0, 0.1) is 5.92 Å². The first kappa shape index (κ1) is 25.7. The highest BCUT2D eigenvalue weighted by atomic mass is 32.2. The van der Waals surface area contributed by atoms with Crippen LogP contribution in [0.3, 0.4) is 0 Å². The first-order valence-corrected chi connectivity index (χ1v) is 11.5. The maximum Gasteiger partial charge on any atom is 0.303 e. The summed E-state index contributed by atoms with van der Waals surface area (Å²) >= 11 is 0. The molecule has 0 aromatic heterocycles. The van der Waals surface area contributed by atoms with Gasteiger partial charge in [0.05, 0.1) is 16.5 Å². The molecule has 8 nitrogen and oxygen atoms in total. The lowest BCUT2D eigenvalue weighted by Crippen LogP contribution is -2.35. The molecule has 13 heteroatoms. The van der Waals surface area contributed by atoms with Gasteiger partial charge in [-0.1, -0.05) is 18.2 Å². The van der Waals surface area contributed by atoms with Crippen LogP contribution in [-0.4, -0.2) is 25.5 Å². The summed E-state index contributed by atoms with van der Waals surface area (Å²) < 4.78 is 86.9. The zero-order valence-electron chi connectivity index (χ0n) is 17.9. The molecule has 186 valence electrons. The summed E-state index contributed by atoms with van der Waals surface area (Å²) in [5.74, 6) is -8.81. The second kappa shape index (κ2) is 9.78. The predicted molar refractivity (Wildman–Crippen MR) is 121 cm³/mol. The molecule has 0 aliphatic heterocycles. The second-order valence-electron chi connectivity index (χ2n) is 7.61. The summed E-state index contributed by atoms with van der Waals surface area (Å²) in [6.45, 7) is 0. The second-order valence-corrected chi connectivity index (χ2v) is 9.29. The van der Waals surface area contributed by atoms with Crippen LogP contribution in [0.5, 0.6) is 0 Å². The van der Waals surface area contributed by atoms with Gasteiger partial charge in [-0.25, -0.2) is 31.0 Å². The fraction of sp³-hybridized carbons (Fsp3) is 0.182. The maximum absolute atomic E-state index is 16.1. The van der Waals surface area contributed by atoms with E-state index >= 15 is 4.39 Å². The van der Waals surface area contributed by atoms with Crippen LogP contribution in [0.25, 0.3) is 0 Å². The minimum absolute atomic E-state index is 0.0403. The molecule has 0 spiro atoms. The van der Waals surface area contributed by atoms with Crippen molar-refractivity contribution >= 4 is 33.3 Å². The number of halogens is 4. The Kier molecular flexibility index (Phi) is 7.19. The van der Waals surface area contributed by atoms with Crippen molar-refractivity contribution in [3.05, 3.63) is 77.7 Å². The Morgan fingerprint density at radius 1 is 1.11 bits per heavy atom. The summed E-state index contributed by atoms with van der Waals surface area (Å²) in [7, 11) is -4.26. The lowest BCUT2D eigenvalue weighted by molar-refractivity contribution is -0.137. The number of aliphatic carboxylic acids is 1. The van der Waals surface area contributed by atoms with E-state index in [4.69, 9.17) is 16.6 Å². The molecule has 0 heterocycles. The number of guanidine groups is 1. The molecule has 2 atom stereocenters. The first-order chi connectivity index (χ1) is 16.3. The van der Waals surface area contributed by atoms with Crippen LogP contribution in [0.4, 0.5) is 28.9 Å². The van der Waals surface area contributed by atoms with Gasteiger partial charge in [0, 0.05) is 18.2 Å². The zero-order valence-corrected chi connectivity index (χ0v) is 18.7. The Hall–Kier alpha value is -3.87. The van der Waals surface area contributed by atoms with Gasteiger partial charge in [-0.15, -0.1) is 0 Å². The van der Waals surface area contributed by atoms with Gasteiger partial charge in [0.15, 0.2) is 17.5 Å². The van der Waals surface area contributed by atoms with E-state index < -0.39 is 63.5 Å². The zero-order chi connectivity index (χ0) is 26.0. The first-order valence-electron chi connectivity index (χ1n) is 10.0. The molecular formula is C22H20F4N4O4S. The molecule has 2 aromatic rings. The van der Waals surface area contributed by atoms with Crippen LogP contribution in [0.2, 0.25) is 0 Å². The van der Waals surface area contributed by atoms with Crippen molar-refractivity contribution in [1.29, 1.82) is 0 Å². The molecular weight excluding hydrogens is 492 g/mol. The number of carbonyl (C=O) groups is 1.